The van der Waals surface area contributed by atoms with E-state index in [1.54, 1.807) is 24.7 Å². The molecule has 0 bridgehead atoms. The second-order valence-corrected chi connectivity index (χ2v) is 5.19. The highest BCUT2D eigenvalue weighted by Gasteiger charge is 2.34. The van der Waals surface area contributed by atoms with Gasteiger partial charge in [-0.05, 0) is 36.2 Å². The van der Waals surface area contributed by atoms with Crippen LogP contribution in [0, 0.1) is 5.82 Å². The third-order valence-electron chi connectivity index (χ3n) is 3.34. The highest BCUT2D eigenvalue weighted by molar-refractivity contribution is 6.63. The summed E-state index contributed by atoms with van der Waals surface area (Å²) in [5.41, 5.74) is 0.809. The van der Waals surface area contributed by atoms with Gasteiger partial charge in [-0.15, -0.1) is 0 Å². The number of aromatic nitrogens is 2. The van der Waals surface area contributed by atoms with Crippen LogP contribution in [0.3, 0.4) is 0 Å². The van der Waals surface area contributed by atoms with E-state index in [1.807, 2.05) is 18.5 Å². The first-order valence-electron chi connectivity index (χ1n) is 5.84. The van der Waals surface area contributed by atoms with E-state index in [0.717, 1.165) is 5.69 Å². The van der Waals surface area contributed by atoms with Gasteiger partial charge in [-0.25, -0.2) is 9.37 Å². The molecule has 1 heterocycles. The zero-order valence-corrected chi connectivity index (χ0v) is 11.5. The molecule has 0 N–H and O–H groups in total. The molecule has 1 unspecified atom stereocenters. The molecular formula is C14H14ClFN2O. The predicted octanol–water partition coefficient (Wildman–Crippen LogP) is 3.02. The molecule has 19 heavy (non-hydrogen) atoms. The van der Waals surface area contributed by atoms with Crippen molar-refractivity contribution >= 4 is 16.8 Å². The maximum absolute atomic E-state index is 13.4. The number of rotatable bonds is 4. The Balaban J connectivity index is 2.58. The SMILES string of the molecule is Cn1cncc1C(C)(CC(=O)Cl)c1cccc(F)c1. The van der Waals surface area contributed by atoms with E-state index in [-0.39, 0.29) is 12.2 Å². The van der Waals surface area contributed by atoms with Gasteiger partial charge in [0.15, 0.2) is 0 Å². The molecule has 0 aliphatic rings. The predicted molar refractivity (Wildman–Crippen MR) is 71.5 cm³/mol. The minimum atomic E-state index is -0.702. The van der Waals surface area contributed by atoms with Gasteiger partial charge in [0.05, 0.1) is 6.33 Å². The summed E-state index contributed by atoms with van der Waals surface area (Å²) in [5, 5.41) is -0.465. The molecule has 1 atom stereocenters. The molecule has 100 valence electrons. The van der Waals surface area contributed by atoms with E-state index in [9.17, 15) is 9.18 Å². The molecule has 0 radical (unpaired) electrons. The van der Waals surface area contributed by atoms with Crippen LogP contribution in [0.15, 0.2) is 36.8 Å². The van der Waals surface area contributed by atoms with E-state index in [0.29, 0.717) is 5.56 Å². The summed E-state index contributed by atoms with van der Waals surface area (Å²) >= 11 is 5.56. The summed E-state index contributed by atoms with van der Waals surface area (Å²) in [5.74, 6) is -0.340. The topological polar surface area (TPSA) is 34.9 Å². The maximum Gasteiger partial charge on any atom is 0.222 e. The van der Waals surface area contributed by atoms with Crippen LogP contribution < -0.4 is 0 Å². The monoisotopic (exact) mass is 280 g/mol. The molecule has 0 saturated heterocycles. The summed E-state index contributed by atoms with van der Waals surface area (Å²) in [4.78, 5) is 15.4. The van der Waals surface area contributed by atoms with Crippen molar-refractivity contribution in [2.45, 2.75) is 18.8 Å². The number of nitrogens with zero attached hydrogens (tertiary/aromatic N) is 2. The molecule has 1 aromatic heterocycles. The molecule has 0 aliphatic heterocycles. The minimum absolute atomic E-state index is 0.0809. The molecular weight excluding hydrogens is 267 g/mol. The Labute approximate surface area is 116 Å². The largest absolute Gasteiger partial charge is 0.337 e. The van der Waals surface area contributed by atoms with Crippen LogP contribution >= 0.6 is 11.6 Å². The zero-order valence-electron chi connectivity index (χ0n) is 10.7. The van der Waals surface area contributed by atoms with Gasteiger partial charge >= 0.3 is 0 Å². The van der Waals surface area contributed by atoms with Crippen molar-refractivity contribution in [2.24, 2.45) is 7.05 Å². The number of imidazole rings is 1. The third-order valence-corrected chi connectivity index (χ3v) is 3.47. The summed E-state index contributed by atoms with van der Waals surface area (Å²) in [6.45, 7) is 1.86. The summed E-state index contributed by atoms with van der Waals surface area (Å²) in [7, 11) is 1.83. The Kier molecular flexibility index (Phi) is 3.71. The van der Waals surface area contributed by atoms with E-state index < -0.39 is 10.7 Å². The van der Waals surface area contributed by atoms with Gasteiger partial charge in [0.1, 0.15) is 5.82 Å². The van der Waals surface area contributed by atoms with Crippen LogP contribution in [0.1, 0.15) is 24.6 Å². The van der Waals surface area contributed by atoms with Crippen LogP contribution in [0.5, 0.6) is 0 Å². The van der Waals surface area contributed by atoms with E-state index in [1.165, 1.54) is 12.1 Å². The molecule has 5 heteroatoms. The lowest BCUT2D eigenvalue weighted by Gasteiger charge is -2.29. The number of hydrogen-bond donors (Lipinski definition) is 0. The van der Waals surface area contributed by atoms with Crippen molar-refractivity contribution in [1.82, 2.24) is 9.55 Å². The van der Waals surface area contributed by atoms with Crippen LogP contribution in [0.25, 0.3) is 0 Å². The number of hydrogen-bond acceptors (Lipinski definition) is 2. The second kappa shape index (κ2) is 5.13. The van der Waals surface area contributed by atoms with Crippen molar-refractivity contribution in [3.05, 3.63) is 53.9 Å². The average molecular weight is 281 g/mol. The van der Waals surface area contributed by atoms with Crippen LogP contribution in [-0.4, -0.2) is 14.8 Å². The summed E-state index contributed by atoms with van der Waals surface area (Å²) in [6.07, 6.45) is 3.40. The number of benzene rings is 1. The fourth-order valence-corrected chi connectivity index (χ4v) is 2.61. The van der Waals surface area contributed by atoms with Gasteiger partial charge in [-0.2, -0.15) is 0 Å². The number of aryl methyl sites for hydroxylation is 1. The fraction of sp³-hybridized carbons (Fsp3) is 0.286. The zero-order chi connectivity index (χ0) is 14.0. The fourth-order valence-electron chi connectivity index (χ4n) is 2.34. The average Bonchev–Trinajstić information content (AvgIpc) is 2.75. The second-order valence-electron chi connectivity index (χ2n) is 4.76. The van der Waals surface area contributed by atoms with Crippen molar-refractivity contribution in [3.63, 3.8) is 0 Å². The molecule has 2 aromatic rings. The number of carbonyl (C=O) groups is 1. The number of carbonyl (C=O) groups excluding carboxylic acids is 1. The Bertz CT molecular complexity index is 611. The van der Waals surface area contributed by atoms with Crippen molar-refractivity contribution in [1.29, 1.82) is 0 Å². The first-order valence-corrected chi connectivity index (χ1v) is 6.22. The van der Waals surface area contributed by atoms with E-state index in [2.05, 4.69) is 4.98 Å². The van der Waals surface area contributed by atoms with E-state index in [4.69, 9.17) is 11.6 Å². The molecule has 0 fully saturated rings. The Hall–Kier alpha value is -1.68. The first-order chi connectivity index (χ1) is 8.93. The molecule has 1 aromatic carbocycles. The van der Waals surface area contributed by atoms with Gasteiger partial charge in [-0.3, -0.25) is 4.79 Å². The van der Waals surface area contributed by atoms with Crippen molar-refractivity contribution in [3.8, 4) is 0 Å². The lowest BCUT2D eigenvalue weighted by Crippen LogP contribution is -2.28. The summed E-state index contributed by atoms with van der Waals surface area (Å²) < 4.78 is 15.2. The Morgan fingerprint density at radius 3 is 2.79 bits per heavy atom. The lowest BCUT2D eigenvalue weighted by atomic mass is 9.77. The van der Waals surface area contributed by atoms with Gasteiger partial charge in [0.25, 0.3) is 0 Å². The minimum Gasteiger partial charge on any atom is -0.337 e. The Morgan fingerprint density at radius 1 is 1.53 bits per heavy atom. The molecule has 0 aliphatic carbocycles. The highest BCUT2D eigenvalue weighted by Crippen LogP contribution is 2.35. The molecule has 0 saturated carbocycles. The quantitative estimate of drug-likeness (QED) is 0.807. The lowest BCUT2D eigenvalue weighted by molar-refractivity contribution is -0.112. The highest BCUT2D eigenvalue weighted by atomic mass is 35.5. The standard InChI is InChI=1S/C14H14ClFN2O/c1-14(7-13(15)19,12-8-17-9-18(12)2)10-4-3-5-11(16)6-10/h3-6,8-9H,7H2,1-2H3. The maximum atomic E-state index is 13.4. The van der Waals surface area contributed by atoms with Crippen molar-refractivity contribution < 1.29 is 9.18 Å². The molecule has 0 amide bonds. The number of halogens is 2. The van der Waals surface area contributed by atoms with Gasteiger partial charge in [-0.1, -0.05) is 12.1 Å². The van der Waals surface area contributed by atoms with Crippen molar-refractivity contribution in [2.75, 3.05) is 0 Å². The Morgan fingerprint density at radius 2 is 2.26 bits per heavy atom. The van der Waals surface area contributed by atoms with Gasteiger partial charge in [0.2, 0.25) is 5.24 Å². The van der Waals surface area contributed by atoms with Gasteiger partial charge in [0, 0.05) is 30.8 Å². The van der Waals surface area contributed by atoms with Gasteiger partial charge < -0.3 is 4.57 Å². The molecule has 2 rings (SSSR count). The molecule has 0 spiro atoms. The smallest absolute Gasteiger partial charge is 0.222 e. The van der Waals surface area contributed by atoms with Crippen LogP contribution in [0.4, 0.5) is 4.39 Å². The van der Waals surface area contributed by atoms with Crippen LogP contribution in [-0.2, 0) is 17.3 Å². The molecule has 3 nitrogen and oxygen atoms in total. The normalized spacial score (nSPS) is 14.1. The first kappa shape index (κ1) is 13.7. The van der Waals surface area contributed by atoms with E-state index >= 15 is 0 Å². The third kappa shape index (κ3) is 2.68. The van der Waals surface area contributed by atoms with Crippen LogP contribution in [0.2, 0.25) is 0 Å². The summed E-state index contributed by atoms with van der Waals surface area (Å²) in [6, 6.07) is 6.20.